The standard InChI is InChI=1S/C27H28FN3O3/c1-30(2)15-14-29-26(32)23-5-3-4-22(16-23)20-8-6-19(7-9-20)17-31-18-25(34-27(31)33)21-10-12-24(28)13-11-21/h3-13,16,25H,14-15,17-18H2,1-2H3,(H,29,32)/t25-/m1/s1. The third kappa shape index (κ3) is 5.80. The van der Waals surface area contributed by atoms with Crippen LogP contribution in [0.15, 0.2) is 72.8 Å². The van der Waals surface area contributed by atoms with Crippen LogP contribution in [-0.4, -0.2) is 55.5 Å². The van der Waals surface area contributed by atoms with E-state index >= 15 is 0 Å². The van der Waals surface area contributed by atoms with Crippen LogP contribution in [0.2, 0.25) is 0 Å². The van der Waals surface area contributed by atoms with Crippen LogP contribution in [-0.2, 0) is 11.3 Å². The number of nitrogens with zero attached hydrogens (tertiary/aromatic N) is 2. The molecule has 0 radical (unpaired) electrons. The first-order chi connectivity index (χ1) is 16.4. The van der Waals surface area contributed by atoms with Crippen molar-refractivity contribution in [2.24, 2.45) is 0 Å². The Morgan fingerprint density at radius 2 is 1.79 bits per heavy atom. The van der Waals surface area contributed by atoms with Gasteiger partial charge in [0.05, 0.1) is 6.54 Å². The molecule has 1 fully saturated rings. The minimum atomic E-state index is -0.404. The molecular weight excluding hydrogens is 433 g/mol. The van der Waals surface area contributed by atoms with Crippen LogP contribution in [0.1, 0.15) is 27.6 Å². The number of carbonyl (C=O) groups excluding carboxylic acids is 2. The van der Waals surface area contributed by atoms with E-state index in [4.69, 9.17) is 4.74 Å². The predicted octanol–water partition coefficient (Wildman–Crippen LogP) is 4.48. The Morgan fingerprint density at radius 3 is 2.50 bits per heavy atom. The number of ether oxygens (including phenoxy) is 1. The first-order valence-electron chi connectivity index (χ1n) is 11.2. The van der Waals surface area contributed by atoms with Crippen LogP contribution in [0, 0.1) is 5.82 Å². The first kappa shape index (κ1) is 23.4. The molecule has 1 aliphatic rings. The fourth-order valence-corrected chi connectivity index (χ4v) is 3.85. The summed E-state index contributed by atoms with van der Waals surface area (Å²) in [6.45, 7) is 2.20. The first-order valence-corrected chi connectivity index (χ1v) is 11.2. The van der Waals surface area contributed by atoms with E-state index in [-0.39, 0.29) is 17.8 Å². The highest BCUT2D eigenvalue weighted by molar-refractivity contribution is 5.95. The van der Waals surface area contributed by atoms with E-state index < -0.39 is 6.10 Å². The van der Waals surface area contributed by atoms with Gasteiger partial charge >= 0.3 is 6.09 Å². The summed E-state index contributed by atoms with van der Waals surface area (Å²) in [5.74, 6) is -0.413. The molecular formula is C27H28FN3O3. The Labute approximate surface area is 198 Å². The third-order valence-electron chi connectivity index (χ3n) is 5.76. The van der Waals surface area contributed by atoms with Crippen LogP contribution >= 0.6 is 0 Å². The summed E-state index contributed by atoms with van der Waals surface area (Å²) in [5.41, 5.74) is 4.30. The molecule has 1 atom stereocenters. The molecule has 3 aromatic rings. The van der Waals surface area contributed by atoms with E-state index in [1.54, 1.807) is 23.1 Å². The lowest BCUT2D eigenvalue weighted by Gasteiger charge is -2.14. The largest absolute Gasteiger partial charge is 0.439 e. The molecule has 6 nitrogen and oxygen atoms in total. The van der Waals surface area contributed by atoms with Gasteiger partial charge in [-0.3, -0.25) is 9.69 Å². The van der Waals surface area contributed by atoms with Gasteiger partial charge in [-0.2, -0.15) is 0 Å². The Balaban J connectivity index is 1.38. The third-order valence-corrected chi connectivity index (χ3v) is 5.76. The topological polar surface area (TPSA) is 61.9 Å². The lowest BCUT2D eigenvalue weighted by molar-refractivity contribution is 0.0951. The molecule has 34 heavy (non-hydrogen) atoms. The van der Waals surface area contributed by atoms with Crippen molar-refractivity contribution >= 4 is 12.0 Å². The number of cyclic esters (lactones) is 1. The normalized spacial score (nSPS) is 15.5. The van der Waals surface area contributed by atoms with E-state index in [2.05, 4.69) is 5.32 Å². The van der Waals surface area contributed by atoms with Crippen molar-refractivity contribution in [1.29, 1.82) is 0 Å². The fraction of sp³-hybridized carbons (Fsp3) is 0.259. The molecule has 0 bridgehead atoms. The maximum absolute atomic E-state index is 13.2. The summed E-state index contributed by atoms with van der Waals surface area (Å²) in [6, 6.07) is 21.5. The molecule has 1 saturated heterocycles. The van der Waals surface area contributed by atoms with Gasteiger partial charge in [-0.05, 0) is 60.6 Å². The molecule has 1 aliphatic heterocycles. The molecule has 7 heteroatoms. The highest BCUT2D eigenvalue weighted by atomic mass is 19.1. The van der Waals surface area contributed by atoms with Gasteiger partial charge < -0.3 is 15.0 Å². The molecule has 176 valence electrons. The molecule has 0 spiro atoms. The Hall–Kier alpha value is -3.71. The van der Waals surface area contributed by atoms with E-state index in [0.717, 1.165) is 28.8 Å². The zero-order chi connectivity index (χ0) is 24.1. The summed E-state index contributed by atoms with van der Waals surface area (Å²) < 4.78 is 18.6. The molecule has 3 aromatic carbocycles. The molecule has 4 rings (SSSR count). The SMILES string of the molecule is CN(C)CCNC(=O)c1cccc(-c2ccc(CN3C[C@H](c4ccc(F)cc4)OC3=O)cc2)c1. The number of halogens is 1. The minimum Gasteiger partial charge on any atom is -0.439 e. The number of carbonyl (C=O) groups is 2. The maximum atomic E-state index is 13.2. The highest BCUT2D eigenvalue weighted by Gasteiger charge is 2.32. The van der Waals surface area contributed by atoms with Gasteiger partial charge in [0.2, 0.25) is 0 Å². The second kappa shape index (κ2) is 10.5. The van der Waals surface area contributed by atoms with Gasteiger partial charge in [0.15, 0.2) is 0 Å². The minimum absolute atomic E-state index is 0.0939. The number of hydrogen-bond donors (Lipinski definition) is 1. The summed E-state index contributed by atoms with van der Waals surface area (Å²) in [6.07, 6.45) is -0.787. The zero-order valence-electron chi connectivity index (χ0n) is 19.3. The number of amides is 2. The van der Waals surface area contributed by atoms with Crippen LogP contribution in [0.25, 0.3) is 11.1 Å². The van der Waals surface area contributed by atoms with E-state index in [1.807, 2.05) is 61.5 Å². The van der Waals surface area contributed by atoms with Crippen molar-refractivity contribution in [3.8, 4) is 11.1 Å². The van der Waals surface area contributed by atoms with Gasteiger partial charge in [-0.25, -0.2) is 9.18 Å². The second-order valence-electron chi connectivity index (χ2n) is 8.64. The molecule has 1 heterocycles. The van der Waals surface area contributed by atoms with Crippen molar-refractivity contribution in [2.75, 3.05) is 33.7 Å². The fourth-order valence-electron chi connectivity index (χ4n) is 3.85. The average molecular weight is 462 g/mol. The number of likely N-dealkylation sites (N-methyl/N-ethyl adjacent to an activating group) is 1. The summed E-state index contributed by atoms with van der Waals surface area (Å²) in [5, 5.41) is 2.93. The Morgan fingerprint density at radius 1 is 1.06 bits per heavy atom. The molecule has 0 aromatic heterocycles. The van der Waals surface area contributed by atoms with Crippen LogP contribution in [0.5, 0.6) is 0 Å². The summed E-state index contributed by atoms with van der Waals surface area (Å²) in [4.78, 5) is 28.4. The number of rotatable bonds is 8. The van der Waals surface area contributed by atoms with Crippen LogP contribution in [0.3, 0.4) is 0 Å². The second-order valence-corrected chi connectivity index (χ2v) is 8.64. The lowest BCUT2D eigenvalue weighted by Crippen LogP contribution is -2.31. The van der Waals surface area contributed by atoms with Gasteiger partial charge in [-0.15, -0.1) is 0 Å². The molecule has 2 amide bonds. The molecule has 1 N–H and O–H groups in total. The van der Waals surface area contributed by atoms with Crippen molar-refractivity contribution in [1.82, 2.24) is 15.1 Å². The Kier molecular flexibility index (Phi) is 7.23. The molecule has 0 unspecified atom stereocenters. The van der Waals surface area contributed by atoms with Crippen molar-refractivity contribution < 1.29 is 18.7 Å². The number of benzene rings is 3. The average Bonchev–Trinajstić information content (AvgIpc) is 3.19. The van der Waals surface area contributed by atoms with Gasteiger partial charge in [-0.1, -0.05) is 48.5 Å². The summed E-state index contributed by atoms with van der Waals surface area (Å²) >= 11 is 0. The smallest absolute Gasteiger partial charge is 0.410 e. The maximum Gasteiger partial charge on any atom is 0.410 e. The van der Waals surface area contributed by atoms with Crippen LogP contribution < -0.4 is 5.32 Å². The monoisotopic (exact) mass is 461 g/mol. The van der Waals surface area contributed by atoms with Gasteiger partial charge in [0.25, 0.3) is 5.91 Å². The van der Waals surface area contributed by atoms with Crippen molar-refractivity contribution in [3.05, 3.63) is 95.3 Å². The Bertz CT molecular complexity index is 1150. The van der Waals surface area contributed by atoms with Gasteiger partial charge in [0, 0.05) is 25.2 Å². The zero-order valence-corrected chi connectivity index (χ0v) is 19.3. The van der Waals surface area contributed by atoms with Gasteiger partial charge in [0.1, 0.15) is 11.9 Å². The van der Waals surface area contributed by atoms with Crippen molar-refractivity contribution in [3.63, 3.8) is 0 Å². The van der Waals surface area contributed by atoms with E-state index in [0.29, 0.717) is 25.2 Å². The van der Waals surface area contributed by atoms with E-state index in [1.165, 1.54) is 12.1 Å². The summed E-state index contributed by atoms with van der Waals surface area (Å²) in [7, 11) is 3.93. The predicted molar refractivity (Wildman–Crippen MR) is 129 cm³/mol. The molecule has 0 aliphatic carbocycles. The molecule has 0 saturated carbocycles. The lowest BCUT2D eigenvalue weighted by atomic mass is 10.0. The van der Waals surface area contributed by atoms with Crippen molar-refractivity contribution in [2.45, 2.75) is 12.6 Å². The van der Waals surface area contributed by atoms with Crippen LogP contribution in [0.4, 0.5) is 9.18 Å². The quantitative estimate of drug-likeness (QED) is 0.538. The highest BCUT2D eigenvalue weighted by Crippen LogP contribution is 2.28. The number of nitrogens with one attached hydrogen (secondary N) is 1. The number of hydrogen-bond acceptors (Lipinski definition) is 4. The van der Waals surface area contributed by atoms with E-state index in [9.17, 15) is 14.0 Å².